The highest BCUT2D eigenvalue weighted by molar-refractivity contribution is 7.99. The molecule has 0 spiro atoms. The lowest BCUT2D eigenvalue weighted by molar-refractivity contribution is -0.138. The van der Waals surface area contributed by atoms with Gasteiger partial charge in [0.05, 0.1) is 16.5 Å². The molecular formula is C24H26ClN5O2S. The number of hydrogen-bond donors (Lipinski definition) is 1. The van der Waals surface area contributed by atoms with Gasteiger partial charge < -0.3 is 10.6 Å². The fraction of sp³-hybridized carbons (Fsp3) is 0.333. The number of benzene rings is 2. The molecule has 0 aliphatic carbocycles. The highest BCUT2D eigenvalue weighted by Crippen LogP contribution is 2.33. The molecule has 1 fully saturated rings. The van der Waals surface area contributed by atoms with Crippen molar-refractivity contribution in [3.63, 3.8) is 0 Å². The summed E-state index contributed by atoms with van der Waals surface area (Å²) in [4.78, 5) is 26.4. The number of primary amides is 1. The third-order valence-electron chi connectivity index (χ3n) is 5.83. The molecule has 1 aromatic heterocycles. The van der Waals surface area contributed by atoms with Gasteiger partial charge in [-0.05, 0) is 62.4 Å². The van der Waals surface area contributed by atoms with Gasteiger partial charge in [0.25, 0.3) is 0 Å². The number of nitrogens with zero attached hydrogens (tertiary/aromatic N) is 4. The molecule has 1 aliphatic rings. The molecule has 1 saturated heterocycles. The number of thioether (sulfide) groups is 1. The molecule has 7 nitrogen and oxygen atoms in total. The standard InChI is InChI=1S/C24H26ClN5O2S/c1-15-10-11-16(2)20(13-15)30-23(17-7-3-4-8-18(17)25)27-28-24(30)33-14-21(31)29-12-6-5-9-19(29)22(26)32/h3-4,7-8,10-11,13,19H,5-6,9,12,14H2,1-2H3,(H2,26,32). The van der Waals surface area contributed by atoms with E-state index < -0.39 is 11.9 Å². The lowest BCUT2D eigenvalue weighted by Crippen LogP contribution is -2.51. The van der Waals surface area contributed by atoms with Crippen molar-refractivity contribution in [1.29, 1.82) is 0 Å². The maximum atomic E-state index is 13.0. The van der Waals surface area contributed by atoms with Gasteiger partial charge in [-0.1, -0.05) is 47.6 Å². The molecule has 2 amide bonds. The molecule has 33 heavy (non-hydrogen) atoms. The van der Waals surface area contributed by atoms with Gasteiger partial charge >= 0.3 is 0 Å². The number of likely N-dealkylation sites (tertiary alicyclic amines) is 1. The van der Waals surface area contributed by atoms with Gasteiger partial charge in [-0.25, -0.2) is 0 Å². The maximum absolute atomic E-state index is 13.0. The Hall–Kier alpha value is -2.84. The number of carbonyl (C=O) groups excluding carboxylic acids is 2. The average molecular weight is 484 g/mol. The Morgan fingerprint density at radius 1 is 1.15 bits per heavy atom. The highest BCUT2D eigenvalue weighted by Gasteiger charge is 2.31. The second-order valence-electron chi connectivity index (χ2n) is 8.20. The van der Waals surface area contributed by atoms with Crippen LogP contribution in [0, 0.1) is 13.8 Å². The van der Waals surface area contributed by atoms with Crippen molar-refractivity contribution in [2.75, 3.05) is 12.3 Å². The van der Waals surface area contributed by atoms with Crippen molar-refractivity contribution in [1.82, 2.24) is 19.7 Å². The fourth-order valence-electron chi connectivity index (χ4n) is 4.09. The predicted octanol–water partition coefficient (Wildman–Crippen LogP) is 4.16. The van der Waals surface area contributed by atoms with Crippen LogP contribution in [0.2, 0.25) is 5.02 Å². The van der Waals surface area contributed by atoms with Crippen LogP contribution in [0.4, 0.5) is 0 Å². The first-order chi connectivity index (χ1) is 15.9. The van der Waals surface area contributed by atoms with E-state index in [1.165, 1.54) is 11.8 Å². The van der Waals surface area contributed by atoms with Crippen LogP contribution in [0.5, 0.6) is 0 Å². The van der Waals surface area contributed by atoms with Crippen LogP contribution in [-0.2, 0) is 9.59 Å². The molecule has 1 atom stereocenters. The zero-order chi connectivity index (χ0) is 23.5. The quantitative estimate of drug-likeness (QED) is 0.531. The van der Waals surface area contributed by atoms with Crippen molar-refractivity contribution in [3.8, 4) is 17.1 Å². The molecule has 0 saturated carbocycles. The summed E-state index contributed by atoms with van der Waals surface area (Å²) in [5, 5.41) is 10.00. The summed E-state index contributed by atoms with van der Waals surface area (Å²) >= 11 is 7.78. The largest absolute Gasteiger partial charge is 0.368 e. The van der Waals surface area contributed by atoms with Gasteiger partial charge in [0.2, 0.25) is 11.8 Å². The zero-order valence-corrected chi connectivity index (χ0v) is 20.2. The van der Waals surface area contributed by atoms with E-state index in [0.717, 1.165) is 35.2 Å². The molecule has 1 aliphatic heterocycles. The lowest BCUT2D eigenvalue weighted by Gasteiger charge is -2.33. The molecule has 3 aromatic rings. The van der Waals surface area contributed by atoms with Gasteiger partial charge in [-0.2, -0.15) is 0 Å². The Kier molecular flexibility index (Phi) is 7.05. The molecule has 9 heteroatoms. The normalized spacial score (nSPS) is 16.1. The monoisotopic (exact) mass is 483 g/mol. The average Bonchev–Trinajstić information content (AvgIpc) is 3.22. The second kappa shape index (κ2) is 9.97. The lowest BCUT2D eigenvalue weighted by atomic mass is 10.0. The summed E-state index contributed by atoms with van der Waals surface area (Å²) in [5.74, 6) is 0.165. The minimum Gasteiger partial charge on any atom is -0.368 e. The molecule has 2 heterocycles. The fourth-order valence-corrected chi connectivity index (χ4v) is 5.14. The van der Waals surface area contributed by atoms with Crippen LogP contribution >= 0.6 is 23.4 Å². The zero-order valence-electron chi connectivity index (χ0n) is 18.6. The summed E-state index contributed by atoms with van der Waals surface area (Å²) in [7, 11) is 0. The SMILES string of the molecule is Cc1ccc(C)c(-n2c(SCC(=O)N3CCCCC3C(N)=O)nnc2-c2ccccc2Cl)c1. The summed E-state index contributed by atoms with van der Waals surface area (Å²) in [6.45, 7) is 4.59. The van der Waals surface area contributed by atoms with Gasteiger partial charge in [0.15, 0.2) is 11.0 Å². The molecule has 2 aromatic carbocycles. The number of aryl methyl sites for hydroxylation is 2. The van der Waals surface area contributed by atoms with Crippen molar-refractivity contribution >= 4 is 35.2 Å². The second-order valence-corrected chi connectivity index (χ2v) is 9.55. The molecular weight excluding hydrogens is 458 g/mol. The van der Waals surface area contributed by atoms with Gasteiger partial charge in [-0.15, -0.1) is 10.2 Å². The molecule has 1 unspecified atom stereocenters. The molecule has 2 N–H and O–H groups in total. The van der Waals surface area contributed by atoms with Crippen molar-refractivity contribution in [2.45, 2.75) is 44.3 Å². The van der Waals surface area contributed by atoms with Crippen LogP contribution < -0.4 is 5.73 Å². The Bertz CT molecular complexity index is 1200. The van der Waals surface area contributed by atoms with Crippen LogP contribution in [-0.4, -0.2) is 49.8 Å². The third kappa shape index (κ3) is 4.91. The van der Waals surface area contributed by atoms with Crippen molar-refractivity contribution < 1.29 is 9.59 Å². The number of nitrogens with two attached hydrogens (primary N) is 1. The Morgan fingerprint density at radius 3 is 2.70 bits per heavy atom. The first kappa shape index (κ1) is 23.3. The van der Waals surface area contributed by atoms with Crippen LogP contribution in [0.25, 0.3) is 17.1 Å². The first-order valence-electron chi connectivity index (χ1n) is 10.9. The number of piperidine rings is 1. The van der Waals surface area contributed by atoms with E-state index in [9.17, 15) is 9.59 Å². The molecule has 172 valence electrons. The van der Waals surface area contributed by atoms with E-state index >= 15 is 0 Å². The third-order valence-corrected chi connectivity index (χ3v) is 7.07. The Morgan fingerprint density at radius 2 is 1.94 bits per heavy atom. The number of aromatic nitrogens is 3. The highest BCUT2D eigenvalue weighted by atomic mass is 35.5. The summed E-state index contributed by atoms with van der Waals surface area (Å²) in [5.41, 5.74) is 9.37. The van der Waals surface area contributed by atoms with Crippen LogP contribution in [0.3, 0.4) is 0 Å². The minimum atomic E-state index is -0.539. The minimum absolute atomic E-state index is 0.127. The van der Waals surface area contributed by atoms with E-state index in [0.29, 0.717) is 29.0 Å². The number of carbonyl (C=O) groups is 2. The van der Waals surface area contributed by atoms with E-state index in [1.807, 2.05) is 48.7 Å². The summed E-state index contributed by atoms with van der Waals surface area (Å²) < 4.78 is 1.95. The maximum Gasteiger partial charge on any atom is 0.240 e. The molecule has 0 radical (unpaired) electrons. The van der Waals surface area contributed by atoms with Gasteiger partial charge in [0.1, 0.15) is 6.04 Å². The summed E-state index contributed by atoms with van der Waals surface area (Å²) in [6, 6.07) is 13.1. The van der Waals surface area contributed by atoms with E-state index in [2.05, 4.69) is 22.3 Å². The van der Waals surface area contributed by atoms with Crippen LogP contribution in [0.15, 0.2) is 47.6 Å². The smallest absolute Gasteiger partial charge is 0.240 e. The predicted molar refractivity (Wildman–Crippen MR) is 131 cm³/mol. The van der Waals surface area contributed by atoms with Gasteiger partial charge in [0, 0.05) is 12.1 Å². The summed E-state index contributed by atoms with van der Waals surface area (Å²) in [6.07, 6.45) is 2.38. The van der Waals surface area contributed by atoms with Crippen molar-refractivity contribution in [2.24, 2.45) is 5.73 Å². The first-order valence-corrected chi connectivity index (χ1v) is 12.2. The number of rotatable bonds is 6. The molecule has 4 rings (SSSR count). The molecule has 0 bridgehead atoms. The Balaban J connectivity index is 1.69. The number of hydrogen-bond acceptors (Lipinski definition) is 5. The van der Waals surface area contributed by atoms with Gasteiger partial charge in [-0.3, -0.25) is 14.2 Å². The van der Waals surface area contributed by atoms with E-state index in [-0.39, 0.29) is 11.7 Å². The van der Waals surface area contributed by atoms with E-state index in [1.54, 1.807) is 4.90 Å². The van der Waals surface area contributed by atoms with Crippen molar-refractivity contribution in [3.05, 3.63) is 58.6 Å². The Labute approximate surface area is 202 Å². The van der Waals surface area contributed by atoms with E-state index in [4.69, 9.17) is 17.3 Å². The van der Waals surface area contributed by atoms with Crippen LogP contribution in [0.1, 0.15) is 30.4 Å². The number of halogens is 1. The number of amides is 2. The topological polar surface area (TPSA) is 94.1 Å².